The Morgan fingerprint density at radius 1 is 1.56 bits per heavy atom. The monoisotopic (exact) mass is 226 g/mol. The van der Waals surface area contributed by atoms with Gasteiger partial charge in [-0.2, -0.15) is 0 Å². The van der Waals surface area contributed by atoms with E-state index in [-0.39, 0.29) is 11.2 Å². The molecule has 0 aliphatic carbocycles. The van der Waals surface area contributed by atoms with Gasteiger partial charge in [0.1, 0.15) is 5.69 Å². The third-order valence-electron chi connectivity index (χ3n) is 2.07. The first-order valence-corrected chi connectivity index (χ1v) is 5.40. The van der Waals surface area contributed by atoms with Crippen LogP contribution in [0.5, 0.6) is 0 Å². The maximum absolute atomic E-state index is 11.1. The Bertz CT molecular complexity index is 364. The number of nitrogens with zero attached hydrogens (tertiary/aromatic N) is 1. The molecule has 1 aromatic heterocycles. The first-order valence-electron chi connectivity index (χ1n) is 5.40. The maximum atomic E-state index is 11.1. The highest BCUT2D eigenvalue weighted by molar-refractivity contribution is 5.58. The number of anilines is 2. The molecular formula is C10H18N4O2. The Morgan fingerprint density at radius 2 is 2.38 bits per heavy atom. The van der Waals surface area contributed by atoms with Crippen LogP contribution in [0.4, 0.5) is 11.5 Å². The van der Waals surface area contributed by atoms with Gasteiger partial charge < -0.3 is 20.8 Å². The van der Waals surface area contributed by atoms with Crippen molar-refractivity contribution in [2.45, 2.75) is 19.8 Å². The quantitative estimate of drug-likeness (QED) is 0.591. The van der Waals surface area contributed by atoms with E-state index in [4.69, 9.17) is 10.5 Å². The fourth-order valence-corrected chi connectivity index (χ4v) is 1.14. The van der Waals surface area contributed by atoms with Gasteiger partial charge >= 0.3 is 0 Å². The van der Waals surface area contributed by atoms with Crippen LogP contribution in [0.1, 0.15) is 19.8 Å². The van der Waals surface area contributed by atoms with Gasteiger partial charge in [0.2, 0.25) is 0 Å². The van der Waals surface area contributed by atoms with Crippen LogP contribution >= 0.6 is 0 Å². The van der Waals surface area contributed by atoms with Gasteiger partial charge in [0, 0.05) is 13.2 Å². The lowest BCUT2D eigenvalue weighted by atomic mass is 10.4. The van der Waals surface area contributed by atoms with Crippen molar-refractivity contribution in [3.63, 3.8) is 0 Å². The summed E-state index contributed by atoms with van der Waals surface area (Å²) in [5.41, 5.74) is 5.31. The normalized spacial score (nSPS) is 10.3. The van der Waals surface area contributed by atoms with Gasteiger partial charge in [0.05, 0.1) is 12.9 Å². The molecule has 1 aromatic rings. The second kappa shape index (κ2) is 6.84. The fourth-order valence-electron chi connectivity index (χ4n) is 1.14. The highest BCUT2D eigenvalue weighted by Crippen LogP contribution is 2.05. The van der Waals surface area contributed by atoms with Gasteiger partial charge in [0.15, 0.2) is 5.82 Å². The molecule has 0 unspecified atom stereocenters. The number of ether oxygens (including phenoxy) is 1. The molecule has 0 spiro atoms. The summed E-state index contributed by atoms with van der Waals surface area (Å²) in [7, 11) is 0. The van der Waals surface area contributed by atoms with E-state index >= 15 is 0 Å². The predicted molar refractivity (Wildman–Crippen MR) is 63.5 cm³/mol. The Hall–Kier alpha value is -1.56. The second-order valence-electron chi connectivity index (χ2n) is 3.39. The molecule has 6 heteroatoms. The van der Waals surface area contributed by atoms with Gasteiger partial charge in [-0.3, -0.25) is 4.79 Å². The van der Waals surface area contributed by atoms with Gasteiger partial charge in [-0.05, 0) is 6.42 Å². The lowest BCUT2D eigenvalue weighted by Gasteiger charge is -2.07. The van der Waals surface area contributed by atoms with Crippen LogP contribution in [0.25, 0.3) is 0 Å². The lowest BCUT2D eigenvalue weighted by molar-refractivity contribution is 0.141. The second-order valence-corrected chi connectivity index (χ2v) is 3.39. The molecule has 0 aliphatic rings. The molecule has 0 fully saturated rings. The zero-order valence-electron chi connectivity index (χ0n) is 9.45. The number of H-pyrrole nitrogens is 1. The van der Waals surface area contributed by atoms with Crippen molar-refractivity contribution in [2.75, 3.05) is 30.8 Å². The number of unbranched alkanes of at least 4 members (excludes halogenated alkanes) is 1. The molecule has 90 valence electrons. The zero-order valence-corrected chi connectivity index (χ0v) is 9.45. The van der Waals surface area contributed by atoms with Crippen LogP contribution in [0.2, 0.25) is 0 Å². The molecule has 0 radical (unpaired) electrons. The first kappa shape index (κ1) is 12.5. The minimum absolute atomic E-state index is 0.107. The maximum Gasteiger partial charge on any atom is 0.276 e. The molecule has 0 saturated carbocycles. The topological polar surface area (TPSA) is 93.0 Å². The third-order valence-corrected chi connectivity index (χ3v) is 2.07. The highest BCUT2D eigenvalue weighted by atomic mass is 16.5. The summed E-state index contributed by atoms with van der Waals surface area (Å²) in [5, 5.41) is 2.95. The molecule has 1 rings (SSSR count). The number of hydrogen-bond donors (Lipinski definition) is 3. The molecular weight excluding hydrogens is 208 g/mol. The number of nitrogens with two attached hydrogens (primary N) is 1. The SMILES string of the molecule is CCCCOCCNc1nc[nH]c(=O)c1N. The molecule has 0 saturated heterocycles. The molecule has 1 heterocycles. The third kappa shape index (κ3) is 3.90. The minimum Gasteiger partial charge on any atom is -0.391 e. The van der Waals surface area contributed by atoms with Crippen molar-refractivity contribution in [3.8, 4) is 0 Å². The standard InChI is InChI=1S/C10H18N4O2/c1-2-3-5-16-6-4-12-9-8(11)10(15)14-7-13-9/h7H,2-6,11H2,1H3,(H2,12,13,14,15). The predicted octanol–water partition coefficient (Wildman–Crippen LogP) is 0.581. The summed E-state index contributed by atoms with van der Waals surface area (Å²) in [4.78, 5) is 17.4. The lowest BCUT2D eigenvalue weighted by Crippen LogP contribution is -2.18. The van der Waals surface area contributed by atoms with Crippen LogP contribution < -0.4 is 16.6 Å². The summed E-state index contributed by atoms with van der Waals surface area (Å²) in [5.74, 6) is 0.405. The van der Waals surface area contributed by atoms with E-state index in [2.05, 4.69) is 22.2 Å². The number of aromatic nitrogens is 2. The Balaban J connectivity index is 2.27. The van der Waals surface area contributed by atoms with Crippen molar-refractivity contribution in [3.05, 3.63) is 16.7 Å². The molecule has 0 atom stereocenters. The Labute approximate surface area is 94.2 Å². The van der Waals surface area contributed by atoms with Gasteiger partial charge in [-0.15, -0.1) is 0 Å². The van der Waals surface area contributed by atoms with Crippen molar-refractivity contribution < 1.29 is 4.74 Å². The Kier molecular flexibility index (Phi) is 5.35. The van der Waals surface area contributed by atoms with Crippen molar-refractivity contribution in [1.82, 2.24) is 9.97 Å². The summed E-state index contributed by atoms with van der Waals surface area (Å²) < 4.78 is 5.35. The average molecular weight is 226 g/mol. The van der Waals surface area contributed by atoms with Crippen LogP contribution in [0.3, 0.4) is 0 Å². The molecule has 0 amide bonds. The van der Waals surface area contributed by atoms with Gasteiger partial charge in [-0.1, -0.05) is 13.3 Å². The van der Waals surface area contributed by atoms with E-state index in [0.29, 0.717) is 19.0 Å². The van der Waals surface area contributed by atoms with E-state index in [0.717, 1.165) is 19.4 Å². The van der Waals surface area contributed by atoms with Crippen LogP contribution in [-0.2, 0) is 4.74 Å². The zero-order chi connectivity index (χ0) is 11.8. The molecule has 6 nitrogen and oxygen atoms in total. The summed E-state index contributed by atoms with van der Waals surface area (Å²) >= 11 is 0. The van der Waals surface area contributed by atoms with Crippen LogP contribution in [-0.4, -0.2) is 29.7 Å². The van der Waals surface area contributed by atoms with E-state index in [1.165, 1.54) is 6.33 Å². The Morgan fingerprint density at radius 3 is 3.12 bits per heavy atom. The summed E-state index contributed by atoms with van der Waals surface area (Å²) in [6.45, 7) is 4.04. The van der Waals surface area contributed by atoms with E-state index in [1.54, 1.807) is 0 Å². The van der Waals surface area contributed by atoms with Crippen LogP contribution in [0, 0.1) is 0 Å². The van der Waals surface area contributed by atoms with Gasteiger partial charge in [0.25, 0.3) is 5.56 Å². The van der Waals surface area contributed by atoms with Crippen molar-refractivity contribution >= 4 is 11.5 Å². The van der Waals surface area contributed by atoms with E-state index < -0.39 is 0 Å². The van der Waals surface area contributed by atoms with Gasteiger partial charge in [-0.25, -0.2) is 4.98 Å². The molecule has 0 aliphatic heterocycles. The highest BCUT2D eigenvalue weighted by Gasteiger charge is 2.02. The molecule has 16 heavy (non-hydrogen) atoms. The summed E-state index contributed by atoms with van der Waals surface area (Å²) in [6, 6.07) is 0. The molecule has 4 N–H and O–H groups in total. The largest absolute Gasteiger partial charge is 0.391 e. The summed E-state index contributed by atoms with van der Waals surface area (Å²) in [6.07, 6.45) is 3.50. The fraction of sp³-hybridized carbons (Fsp3) is 0.600. The van der Waals surface area contributed by atoms with Crippen LogP contribution in [0.15, 0.2) is 11.1 Å². The van der Waals surface area contributed by atoms with E-state index in [9.17, 15) is 4.79 Å². The number of rotatable bonds is 7. The first-order chi connectivity index (χ1) is 7.75. The number of aromatic amines is 1. The minimum atomic E-state index is -0.329. The van der Waals surface area contributed by atoms with Crippen molar-refractivity contribution in [2.24, 2.45) is 0 Å². The van der Waals surface area contributed by atoms with E-state index in [1.807, 2.05) is 0 Å². The van der Waals surface area contributed by atoms with Crippen molar-refractivity contribution in [1.29, 1.82) is 0 Å². The average Bonchev–Trinajstić information content (AvgIpc) is 2.29. The number of nitrogens with one attached hydrogen (secondary N) is 2. The molecule has 0 bridgehead atoms. The molecule has 0 aromatic carbocycles. The number of nitrogen functional groups attached to an aromatic ring is 1. The number of hydrogen-bond acceptors (Lipinski definition) is 5. The smallest absolute Gasteiger partial charge is 0.276 e.